The highest BCUT2D eigenvalue weighted by molar-refractivity contribution is 5.81. The largest absolute Gasteiger partial charge is 0.481 e. The van der Waals surface area contributed by atoms with E-state index in [0.717, 1.165) is 5.56 Å². The Bertz CT molecular complexity index is 770. The molecule has 1 atom stereocenters. The van der Waals surface area contributed by atoms with Crippen LogP contribution in [0.15, 0.2) is 30.3 Å². The molecule has 138 valence electrons. The molecule has 1 aromatic carbocycles. The van der Waals surface area contributed by atoms with E-state index in [0.29, 0.717) is 31.9 Å². The first-order valence-corrected chi connectivity index (χ1v) is 8.46. The highest BCUT2D eigenvalue weighted by Crippen LogP contribution is 2.30. The predicted octanol–water partition coefficient (Wildman–Crippen LogP) is 0.899. The van der Waals surface area contributed by atoms with Crippen molar-refractivity contribution < 1.29 is 19.4 Å². The maximum atomic E-state index is 12.4. The highest BCUT2D eigenvalue weighted by atomic mass is 16.5. The smallest absolute Gasteiger partial charge is 0.311 e. The molecule has 1 aliphatic rings. The molecule has 2 aromatic rings. The van der Waals surface area contributed by atoms with E-state index in [-0.39, 0.29) is 12.5 Å². The Kier molecular flexibility index (Phi) is 5.27. The van der Waals surface area contributed by atoms with E-state index in [1.807, 2.05) is 30.3 Å². The van der Waals surface area contributed by atoms with Crippen LogP contribution in [0.1, 0.15) is 25.8 Å². The first kappa shape index (κ1) is 18.0. The molecule has 9 heteroatoms. The minimum Gasteiger partial charge on any atom is -0.481 e. The molecule has 0 aliphatic carbocycles. The lowest BCUT2D eigenvalue weighted by Crippen LogP contribution is -2.47. The summed E-state index contributed by atoms with van der Waals surface area (Å²) in [5, 5.41) is 24.4. The van der Waals surface area contributed by atoms with Crippen LogP contribution in [0.4, 0.5) is 0 Å². The molecular weight excluding hydrogens is 338 g/mol. The number of hydrogen-bond acceptors (Lipinski definition) is 6. The van der Waals surface area contributed by atoms with E-state index in [1.165, 1.54) is 4.80 Å². The molecule has 0 saturated carbocycles. The number of nitrogens with zero attached hydrogens (tertiary/aromatic N) is 4. The van der Waals surface area contributed by atoms with Gasteiger partial charge in [-0.2, -0.15) is 4.80 Å². The fourth-order valence-electron chi connectivity index (χ4n) is 2.83. The molecule has 1 aliphatic heterocycles. The van der Waals surface area contributed by atoms with E-state index >= 15 is 0 Å². The van der Waals surface area contributed by atoms with Crippen molar-refractivity contribution in [1.29, 1.82) is 0 Å². The van der Waals surface area contributed by atoms with Gasteiger partial charge in [0.05, 0.1) is 5.41 Å². The summed E-state index contributed by atoms with van der Waals surface area (Å²) in [5.74, 6) is -0.843. The van der Waals surface area contributed by atoms with Gasteiger partial charge in [-0.05, 0) is 25.0 Å². The van der Waals surface area contributed by atoms with Gasteiger partial charge in [0.25, 0.3) is 0 Å². The molecule has 0 radical (unpaired) electrons. The summed E-state index contributed by atoms with van der Waals surface area (Å²) in [5.41, 5.74) is -0.183. The number of aromatic nitrogens is 4. The first-order valence-electron chi connectivity index (χ1n) is 8.46. The number of ether oxygens (including phenoxy) is 1. The Morgan fingerprint density at radius 2 is 2.00 bits per heavy atom. The van der Waals surface area contributed by atoms with E-state index in [1.54, 1.807) is 6.92 Å². The monoisotopic (exact) mass is 359 g/mol. The molecule has 1 saturated heterocycles. The number of carboxylic acids is 1. The predicted molar refractivity (Wildman–Crippen MR) is 91.1 cm³/mol. The second-order valence-electron chi connectivity index (χ2n) is 6.39. The van der Waals surface area contributed by atoms with Crippen molar-refractivity contribution in [2.24, 2.45) is 5.41 Å². The minimum absolute atomic E-state index is 0.0507. The second kappa shape index (κ2) is 7.61. The third kappa shape index (κ3) is 3.72. The van der Waals surface area contributed by atoms with E-state index in [4.69, 9.17) is 4.74 Å². The van der Waals surface area contributed by atoms with Crippen molar-refractivity contribution in [3.8, 4) is 11.4 Å². The van der Waals surface area contributed by atoms with Crippen LogP contribution in [0, 0.1) is 5.41 Å². The molecule has 1 unspecified atom stereocenters. The van der Waals surface area contributed by atoms with E-state index < -0.39 is 17.4 Å². The lowest BCUT2D eigenvalue weighted by Gasteiger charge is -2.33. The number of aliphatic carboxylic acids is 1. The summed E-state index contributed by atoms with van der Waals surface area (Å²) in [4.78, 5) is 25.3. The average Bonchev–Trinajstić information content (AvgIpc) is 3.17. The van der Waals surface area contributed by atoms with Crippen LogP contribution in [0.2, 0.25) is 0 Å². The van der Waals surface area contributed by atoms with Gasteiger partial charge in [0.15, 0.2) is 0 Å². The van der Waals surface area contributed by atoms with Crippen molar-refractivity contribution in [2.45, 2.75) is 25.8 Å². The SMILES string of the molecule is CC(C(=O)NCC1(C(=O)O)CCOCC1)n1nnc(-c2ccccc2)n1. The molecule has 1 fully saturated rings. The fourth-order valence-corrected chi connectivity index (χ4v) is 2.83. The first-order chi connectivity index (χ1) is 12.5. The van der Waals surface area contributed by atoms with Crippen molar-refractivity contribution in [3.63, 3.8) is 0 Å². The van der Waals surface area contributed by atoms with Gasteiger partial charge in [0.2, 0.25) is 11.7 Å². The van der Waals surface area contributed by atoms with Crippen LogP contribution in [0.25, 0.3) is 11.4 Å². The van der Waals surface area contributed by atoms with Gasteiger partial charge in [0, 0.05) is 25.3 Å². The molecular formula is C17H21N5O4. The zero-order chi connectivity index (χ0) is 18.6. The number of benzene rings is 1. The lowest BCUT2D eigenvalue weighted by atomic mass is 9.80. The number of rotatable bonds is 6. The summed E-state index contributed by atoms with van der Waals surface area (Å²) in [6.07, 6.45) is 0.744. The van der Waals surface area contributed by atoms with Crippen molar-refractivity contribution >= 4 is 11.9 Å². The number of carbonyl (C=O) groups excluding carboxylic acids is 1. The molecule has 3 rings (SSSR count). The molecule has 1 amide bonds. The maximum absolute atomic E-state index is 12.4. The zero-order valence-corrected chi connectivity index (χ0v) is 14.5. The Morgan fingerprint density at radius 1 is 1.31 bits per heavy atom. The molecule has 2 heterocycles. The van der Waals surface area contributed by atoms with Crippen LogP contribution >= 0.6 is 0 Å². The fraction of sp³-hybridized carbons (Fsp3) is 0.471. The van der Waals surface area contributed by atoms with Gasteiger partial charge in [0.1, 0.15) is 6.04 Å². The molecule has 9 nitrogen and oxygen atoms in total. The number of nitrogens with one attached hydrogen (secondary N) is 1. The Labute approximate surface area is 150 Å². The quantitative estimate of drug-likeness (QED) is 0.786. The normalized spacial score (nSPS) is 17.4. The van der Waals surface area contributed by atoms with E-state index in [2.05, 4.69) is 20.7 Å². The van der Waals surface area contributed by atoms with Crippen LogP contribution in [0.3, 0.4) is 0 Å². The third-order valence-electron chi connectivity index (χ3n) is 4.69. The summed E-state index contributed by atoms with van der Waals surface area (Å²) in [6, 6.07) is 8.63. The van der Waals surface area contributed by atoms with Crippen LogP contribution < -0.4 is 5.32 Å². The van der Waals surface area contributed by atoms with Gasteiger partial charge < -0.3 is 15.2 Å². The van der Waals surface area contributed by atoms with Gasteiger partial charge in [-0.3, -0.25) is 9.59 Å². The van der Waals surface area contributed by atoms with Crippen LogP contribution in [-0.2, 0) is 14.3 Å². The molecule has 0 bridgehead atoms. The number of carboxylic acid groups (broad SMARTS) is 1. The van der Waals surface area contributed by atoms with Crippen molar-refractivity contribution in [3.05, 3.63) is 30.3 Å². The second-order valence-corrected chi connectivity index (χ2v) is 6.39. The molecule has 26 heavy (non-hydrogen) atoms. The van der Waals surface area contributed by atoms with Crippen LogP contribution in [0.5, 0.6) is 0 Å². The van der Waals surface area contributed by atoms with Gasteiger partial charge in [-0.25, -0.2) is 0 Å². The Hall–Kier alpha value is -2.81. The maximum Gasteiger partial charge on any atom is 0.311 e. The summed E-state index contributed by atoms with van der Waals surface area (Å²) in [7, 11) is 0. The number of tetrazole rings is 1. The number of carbonyl (C=O) groups is 2. The molecule has 2 N–H and O–H groups in total. The lowest BCUT2D eigenvalue weighted by molar-refractivity contribution is -0.154. The summed E-state index contributed by atoms with van der Waals surface area (Å²) >= 11 is 0. The van der Waals surface area contributed by atoms with Gasteiger partial charge in [-0.1, -0.05) is 30.3 Å². The van der Waals surface area contributed by atoms with Crippen molar-refractivity contribution in [1.82, 2.24) is 25.5 Å². The third-order valence-corrected chi connectivity index (χ3v) is 4.69. The standard InChI is InChI=1S/C17H21N5O4/c1-12(22-20-14(19-21-22)13-5-3-2-4-6-13)15(23)18-11-17(16(24)25)7-9-26-10-8-17/h2-6,12H,7-11H2,1H3,(H,18,23)(H,24,25). The van der Waals surface area contributed by atoms with Gasteiger partial charge in [-0.15, -0.1) is 10.2 Å². The Morgan fingerprint density at radius 3 is 2.65 bits per heavy atom. The molecule has 1 aromatic heterocycles. The number of amides is 1. The number of hydrogen-bond donors (Lipinski definition) is 2. The summed E-state index contributed by atoms with van der Waals surface area (Å²) in [6.45, 7) is 2.45. The minimum atomic E-state index is -0.987. The topological polar surface area (TPSA) is 119 Å². The Balaban J connectivity index is 1.64. The highest BCUT2D eigenvalue weighted by Gasteiger charge is 2.40. The summed E-state index contributed by atoms with van der Waals surface area (Å²) < 4.78 is 5.23. The zero-order valence-electron chi connectivity index (χ0n) is 14.5. The van der Waals surface area contributed by atoms with Gasteiger partial charge >= 0.3 is 5.97 Å². The van der Waals surface area contributed by atoms with Crippen LogP contribution in [-0.4, -0.2) is 56.9 Å². The van der Waals surface area contributed by atoms with E-state index in [9.17, 15) is 14.7 Å². The van der Waals surface area contributed by atoms with Crippen molar-refractivity contribution in [2.75, 3.05) is 19.8 Å². The molecule has 0 spiro atoms. The average molecular weight is 359 g/mol.